The van der Waals surface area contributed by atoms with Crippen molar-refractivity contribution in [1.82, 2.24) is 4.98 Å². The lowest BCUT2D eigenvalue weighted by Gasteiger charge is -2.16. The maximum absolute atomic E-state index is 10.7. The third-order valence-electron chi connectivity index (χ3n) is 2.82. The van der Waals surface area contributed by atoms with Gasteiger partial charge in [0.2, 0.25) is 0 Å². The summed E-state index contributed by atoms with van der Waals surface area (Å²) in [6, 6.07) is 6.19. The lowest BCUT2D eigenvalue weighted by Crippen LogP contribution is -2.10. The van der Waals surface area contributed by atoms with Gasteiger partial charge in [0.15, 0.2) is 0 Å². The van der Waals surface area contributed by atoms with E-state index < -0.39 is 4.92 Å². The first kappa shape index (κ1) is 14.0. The summed E-state index contributed by atoms with van der Waals surface area (Å²) in [7, 11) is 0. The number of nitro benzene ring substituents is 1. The molecule has 0 saturated heterocycles. The highest BCUT2D eigenvalue weighted by Crippen LogP contribution is 2.28. The van der Waals surface area contributed by atoms with Crippen molar-refractivity contribution in [2.45, 2.75) is 19.4 Å². The number of anilines is 1. The summed E-state index contributed by atoms with van der Waals surface area (Å²) >= 11 is 1.53. The minimum atomic E-state index is -0.511. The van der Waals surface area contributed by atoms with Gasteiger partial charge in [-0.2, -0.15) is 5.26 Å². The van der Waals surface area contributed by atoms with E-state index in [4.69, 9.17) is 5.26 Å². The van der Waals surface area contributed by atoms with E-state index in [1.54, 1.807) is 12.3 Å². The van der Waals surface area contributed by atoms with Gasteiger partial charge in [-0.05, 0) is 12.5 Å². The van der Waals surface area contributed by atoms with Crippen molar-refractivity contribution in [3.63, 3.8) is 0 Å². The van der Waals surface area contributed by atoms with Gasteiger partial charge in [-0.25, -0.2) is 4.98 Å². The molecule has 0 fully saturated rings. The van der Waals surface area contributed by atoms with Gasteiger partial charge < -0.3 is 5.32 Å². The number of nitrogens with zero attached hydrogens (tertiary/aromatic N) is 3. The molecule has 1 aromatic heterocycles. The minimum absolute atomic E-state index is 0.0106. The highest BCUT2D eigenvalue weighted by atomic mass is 32.1. The van der Waals surface area contributed by atoms with Gasteiger partial charge in [0.25, 0.3) is 5.69 Å². The molecule has 2 rings (SSSR count). The van der Waals surface area contributed by atoms with Crippen molar-refractivity contribution in [1.29, 1.82) is 5.26 Å². The highest BCUT2D eigenvalue weighted by Gasteiger charge is 2.16. The maximum atomic E-state index is 10.7. The molecular formula is C13H12N4O2S. The number of thiazole rings is 1. The average Bonchev–Trinajstić information content (AvgIpc) is 2.98. The molecule has 0 aliphatic rings. The SMILES string of the molecule is CCC(Nc1ccc([N+](=O)[O-])cc1C#N)c1nccs1. The summed E-state index contributed by atoms with van der Waals surface area (Å²) < 4.78 is 0. The molecule has 1 heterocycles. The molecule has 6 nitrogen and oxygen atoms in total. The Balaban J connectivity index is 2.29. The van der Waals surface area contributed by atoms with Crippen molar-refractivity contribution in [3.05, 3.63) is 50.5 Å². The Hall–Kier alpha value is -2.46. The fourth-order valence-electron chi connectivity index (χ4n) is 1.80. The number of rotatable bonds is 5. The van der Waals surface area contributed by atoms with Crippen LogP contribution in [0.5, 0.6) is 0 Å². The number of aromatic nitrogens is 1. The van der Waals surface area contributed by atoms with Crippen LogP contribution < -0.4 is 5.32 Å². The zero-order chi connectivity index (χ0) is 14.5. The van der Waals surface area contributed by atoms with Gasteiger partial charge >= 0.3 is 0 Å². The van der Waals surface area contributed by atoms with Crippen LogP contribution in [0.15, 0.2) is 29.8 Å². The molecule has 20 heavy (non-hydrogen) atoms. The number of hydrogen-bond donors (Lipinski definition) is 1. The average molecular weight is 288 g/mol. The second-order valence-electron chi connectivity index (χ2n) is 4.07. The molecule has 0 bridgehead atoms. The predicted octanol–water partition coefficient (Wildman–Crippen LogP) is 3.49. The third kappa shape index (κ3) is 2.92. The molecular weight excluding hydrogens is 276 g/mol. The van der Waals surface area contributed by atoms with Crippen molar-refractivity contribution in [2.24, 2.45) is 0 Å². The Morgan fingerprint density at radius 3 is 2.95 bits per heavy atom. The Morgan fingerprint density at radius 2 is 2.40 bits per heavy atom. The Bertz CT molecular complexity index is 649. The first-order chi connectivity index (χ1) is 9.65. The molecule has 1 atom stereocenters. The quantitative estimate of drug-likeness (QED) is 0.671. The predicted molar refractivity (Wildman–Crippen MR) is 76.6 cm³/mol. The number of hydrogen-bond acceptors (Lipinski definition) is 6. The zero-order valence-corrected chi connectivity index (χ0v) is 11.6. The Morgan fingerprint density at radius 1 is 1.60 bits per heavy atom. The third-order valence-corrected chi connectivity index (χ3v) is 3.71. The van der Waals surface area contributed by atoms with Crippen LogP contribution in [0.1, 0.15) is 30.0 Å². The number of nitriles is 1. The number of nitrogens with one attached hydrogen (secondary N) is 1. The number of benzene rings is 1. The zero-order valence-electron chi connectivity index (χ0n) is 10.7. The topological polar surface area (TPSA) is 91.9 Å². The molecule has 1 unspecified atom stereocenters. The maximum Gasteiger partial charge on any atom is 0.270 e. The van der Waals surface area contributed by atoms with E-state index in [0.29, 0.717) is 5.69 Å². The van der Waals surface area contributed by atoms with Crippen LogP contribution in [-0.2, 0) is 0 Å². The molecule has 2 aromatic rings. The van der Waals surface area contributed by atoms with Crippen molar-refractivity contribution >= 4 is 22.7 Å². The Labute approximate surface area is 119 Å². The second-order valence-corrected chi connectivity index (χ2v) is 5.00. The van der Waals surface area contributed by atoms with Crippen LogP contribution in [0.2, 0.25) is 0 Å². The monoisotopic (exact) mass is 288 g/mol. The van der Waals surface area contributed by atoms with Gasteiger partial charge in [-0.3, -0.25) is 10.1 Å². The molecule has 0 radical (unpaired) electrons. The largest absolute Gasteiger partial charge is 0.375 e. The lowest BCUT2D eigenvalue weighted by atomic mass is 10.1. The van der Waals surface area contributed by atoms with Crippen molar-refractivity contribution in [2.75, 3.05) is 5.32 Å². The van der Waals surface area contributed by atoms with E-state index in [1.165, 1.54) is 23.5 Å². The normalized spacial score (nSPS) is 11.6. The van der Waals surface area contributed by atoms with E-state index in [1.807, 2.05) is 18.4 Å². The molecule has 0 amide bonds. The lowest BCUT2D eigenvalue weighted by molar-refractivity contribution is -0.384. The molecule has 102 valence electrons. The summed E-state index contributed by atoms with van der Waals surface area (Å²) in [4.78, 5) is 14.5. The molecule has 0 saturated carbocycles. The molecule has 0 aliphatic heterocycles. The van der Waals surface area contributed by atoms with Gasteiger partial charge in [-0.1, -0.05) is 6.92 Å². The fraction of sp³-hybridized carbons (Fsp3) is 0.231. The molecule has 7 heteroatoms. The van der Waals surface area contributed by atoms with E-state index in [9.17, 15) is 10.1 Å². The smallest absolute Gasteiger partial charge is 0.270 e. The van der Waals surface area contributed by atoms with E-state index in [-0.39, 0.29) is 17.3 Å². The van der Waals surface area contributed by atoms with Crippen molar-refractivity contribution in [3.8, 4) is 6.07 Å². The summed E-state index contributed by atoms with van der Waals surface area (Å²) in [5, 5.41) is 25.9. The van der Waals surface area contributed by atoms with Crippen molar-refractivity contribution < 1.29 is 4.92 Å². The molecule has 0 spiro atoms. The number of nitro groups is 1. The fourth-order valence-corrected chi connectivity index (χ4v) is 2.57. The van der Waals surface area contributed by atoms with Gasteiger partial charge in [0, 0.05) is 23.7 Å². The molecule has 0 aliphatic carbocycles. The van der Waals surface area contributed by atoms with Gasteiger partial charge in [0.1, 0.15) is 11.1 Å². The summed E-state index contributed by atoms with van der Waals surface area (Å²) in [6.45, 7) is 2.01. The van der Waals surface area contributed by atoms with Crippen LogP contribution in [0.25, 0.3) is 0 Å². The van der Waals surface area contributed by atoms with E-state index in [0.717, 1.165) is 11.4 Å². The van der Waals surface area contributed by atoms with Gasteiger partial charge in [0.05, 0.1) is 22.2 Å². The van der Waals surface area contributed by atoms with E-state index in [2.05, 4.69) is 10.3 Å². The standard InChI is InChI=1S/C13H12N4O2S/c1-2-11(13-15-5-6-20-13)16-12-4-3-10(17(18)19)7-9(12)8-14/h3-7,11,16H,2H2,1H3. The van der Waals surface area contributed by atoms with Crippen LogP contribution in [0, 0.1) is 21.4 Å². The summed E-state index contributed by atoms with van der Waals surface area (Å²) in [5.74, 6) is 0. The van der Waals surface area contributed by atoms with Crippen LogP contribution in [0.3, 0.4) is 0 Å². The summed E-state index contributed by atoms with van der Waals surface area (Å²) in [5.41, 5.74) is 0.753. The van der Waals surface area contributed by atoms with Gasteiger partial charge in [-0.15, -0.1) is 11.3 Å². The first-order valence-corrected chi connectivity index (χ1v) is 6.88. The Kier molecular flexibility index (Phi) is 4.27. The molecule has 1 aromatic carbocycles. The van der Waals surface area contributed by atoms with Crippen LogP contribution in [0.4, 0.5) is 11.4 Å². The first-order valence-electron chi connectivity index (χ1n) is 6.00. The summed E-state index contributed by atoms with van der Waals surface area (Å²) in [6.07, 6.45) is 2.53. The molecule has 1 N–H and O–H groups in total. The number of non-ortho nitro benzene ring substituents is 1. The minimum Gasteiger partial charge on any atom is -0.375 e. The second kappa shape index (κ2) is 6.12. The van der Waals surface area contributed by atoms with Crippen LogP contribution in [-0.4, -0.2) is 9.91 Å². The highest BCUT2D eigenvalue weighted by molar-refractivity contribution is 7.09. The van der Waals surface area contributed by atoms with E-state index >= 15 is 0 Å². The van der Waals surface area contributed by atoms with Crippen LogP contribution >= 0.6 is 11.3 Å².